The van der Waals surface area contributed by atoms with E-state index in [1.165, 1.54) is 6.07 Å². The second-order valence-corrected chi connectivity index (χ2v) is 4.90. The van der Waals surface area contributed by atoms with Gasteiger partial charge >= 0.3 is 6.18 Å². The van der Waals surface area contributed by atoms with Crippen LogP contribution >= 0.6 is 0 Å². The Morgan fingerprint density at radius 3 is 2.58 bits per heavy atom. The molecule has 0 aliphatic rings. The third kappa shape index (κ3) is 3.07. The summed E-state index contributed by atoms with van der Waals surface area (Å²) in [5.74, 6) is 0.622. The number of nitrogens with zero attached hydrogens (tertiary/aromatic N) is 1. The van der Waals surface area contributed by atoms with Gasteiger partial charge in [-0.2, -0.15) is 13.2 Å². The van der Waals surface area contributed by atoms with Gasteiger partial charge < -0.3 is 10.2 Å². The summed E-state index contributed by atoms with van der Waals surface area (Å²) in [5, 5.41) is 0. The molecule has 2 N–H and O–H groups in total. The van der Waals surface area contributed by atoms with E-state index in [1.807, 2.05) is 13.8 Å². The van der Waals surface area contributed by atoms with Crippen LogP contribution in [-0.4, -0.2) is 11.0 Å². The van der Waals surface area contributed by atoms with Crippen LogP contribution in [-0.2, 0) is 12.6 Å². The Hall–Kier alpha value is -1.56. The van der Waals surface area contributed by atoms with Gasteiger partial charge in [-0.15, -0.1) is 0 Å². The minimum atomic E-state index is -4.37. The van der Waals surface area contributed by atoms with Crippen molar-refractivity contribution in [1.82, 2.24) is 4.98 Å². The number of halogens is 3. The molecular formula is C13H15F3N2O. The SMILES string of the molecule is CC(C)C(N)Cc1nc2cc(C(F)(F)F)ccc2o1. The molecule has 1 aromatic heterocycles. The minimum Gasteiger partial charge on any atom is -0.441 e. The zero-order valence-electron chi connectivity index (χ0n) is 10.7. The summed E-state index contributed by atoms with van der Waals surface area (Å²) in [5.41, 5.74) is 5.72. The lowest BCUT2D eigenvalue weighted by molar-refractivity contribution is -0.137. The topological polar surface area (TPSA) is 52.0 Å². The third-order valence-corrected chi connectivity index (χ3v) is 3.03. The van der Waals surface area contributed by atoms with Crippen LogP contribution in [0.2, 0.25) is 0 Å². The normalized spacial score (nSPS) is 14.3. The van der Waals surface area contributed by atoms with Crippen molar-refractivity contribution in [2.75, 3.05) is 0 Å². The van der Waals surface area contributed by atoms with Crippen LogP contribution in [0.3, 0.4) is 0 Å². The van der Waals surface area contributed by atoms with Crippen molar-refractivity contribution >= 4 is 11.1 Å². The fourth-order valence-corrected chi connectivity index (χ4v) is 1.68. The molecule has 2 aromatic rings. The van der Waals surface area contributed by atoms with E-state index in [0.717, 1.165) is 12.1 Å². The molecule has 2 rings (SSSR count). The summed E-state index contributed by atoms with van der Waals surface area (Å²) >= 11 is 0. The Balaban J connectivity index is 2.31. The van der Waals surface area contributed by atoms with Crippen molar-refractivity contribution in [3.8, 4) is 0 Å². The van der Waals surface area contributed by atoms with E-state index >= 15 is 0 Å². The van der Waals surface area contributed by atoms with Gasteiger partial charge in [-0.25, -0.2) is 4.98 Å². The zero-order chi connectivity index (χ0) is 14.2. The molecule has 0 bridgehead atoms. The van der Waals surface area contributed by atoms with Crippen molar-refractivity contribution in [1.29, 1.82) is 0 Å². The van der Waals surface area contributed by atoms with Gasteiger partial charge in [0, 0.05) is 12.5 Å². The lowest BCUT2D eigenvalue weighted by atomic mass is 10.0. The second-order valence-electron chi connectivity index (χ2n) is 4.90. The minimum absolute atomic E-state index is 0.129. The van der Waals surface area contributed by atoms with Gasteiger partial charge in [0.15, 0.2) is 11.5 Å². The van der Waals surface area contributed by atoms with Crippen molar-refractivity contribution in [2.45, 2.75) is 32.5 Å². The molecule has 0 fully saturated rings. The van der Waals surface area contributed by atoms with Gasteiger partial charge in [0.05, 0.1) is 5.56 Å². The maximum absolute atomic E-state index is 12.6. The van der Waals surface area contributed by atoms with Crippen molar-refractivity contribution < 1.29 is 17.6 Å². The lowest BCUT2D eigenvalue weighted by Crippen LogP contribution is -2.28. The Bertz CT molecular complexity index is 575. The van der Waals surface area contributed by atoms with Gasteiger partial charge in [0.25, 0.3) is 0 Å². The molecule has 1 heterocycles. The number of hydrogen-bond donors (Lipinski definition) is 1. The summed E-state index contributed by atoms with van der Waals surface area (Å²) in [6, 6.07) is 3.13. The second kappa shape index (κ2) is 4.85. The highest BCUT2D eigenvalue weighted by Gasteiger charge is 2.31. The Kier molecular flexibility index (Phi) is 3.54. The van der Waals surface area contributed by atoms with E-state index in [1.54, 1.807) is 0 Å². The number of alkyl halides is 3. The number of aromatic nitrogens is 1. The molecule has 0 radical (unpaired) electrons. The highest BCUT2D eigenvalue weighted by atomic mass is 19.4. The molecule has 0 amide bonds. The van der Waals surface area contributed by atoms with E-state index in [4.69, 9.17) is 10.2 Å². The summed E-state index contributed by atoms with van der Waals surface area (Å²) in [7, 11) is 0. The van der Waals surface area contributed by atoms with Gasteiger partial charge in [0.1, 0.15) is 5.52 Å². The molecule has 3 nitrogen and oxygen atoms in total. The van der Waals surface area contributed by atoms with Crippen molar-refractivity contribution in [3.63, 3.8) is 0 Å². The summed E-state index contributed by atoms with van der Waals surface area (Å²) in [6.45, 7) is 3.93. The average Bonchev–Trinajstić information content (AvgIpc) is 2.68. The summed E-state index contributed by atoms with van der Waals surface area (Å²) in [4.78, 5) is 4.06. The first-order chi connectivity index (χ1) is 8.77. The van der Waals surface area contributed by atoms with E-state index in [-0.39, 0.29) is 17.5 Å². The molecule has 19 heavy (non-hydrogen) atoms. The predicted octanol–water partition coefficient (Wildman–Crippen LogP) is 3.37. The summed E-state index contributed by atoms with van der Waals surface area (Å²) < 4.78 is 43.1. The van der Waals surface area contributed by atoms with Crippen LogP contribution in [0.15, 0.2) is 22.6 Å². The molecule has 6 heteroatoms. The van der Waals surface area contributed by atoms with E-state index in [2.05, 4.69) is 4.98 Å². The maximum Gasteiger partial charge on any atom is 0.416 e. The first-order valence-corrected chi connectivity index (χ1v) is 5.99. The van der Waals surface area contributed by atoms with Crippen LogP contribution in [0.1, 0.15) is 25.3 Å². The Morgan fingerprint density at radius 2 is 2.00 bits per heavy atom. The first kappa shape index (κ1) is 13.9. The smallest absolute Gasteiger partial charge is 0.416 e. The van der Waals surface area contributed by atoms with Gasteiger partial charge in [0.2, 0.25) is 0 Å². The standard InChI is InChI=1S/C13H15F3N2O/c1-7(2)9(17)6-12-18-10-5-8(13(14,15)16)3-4-11(10)19-12/h3-5,7,9H,6,17H2,1-2H3. The van der Waals surface area contributed by atoms with Crippen molar-refractivity contribution in [3.05, 3.63) is 29.7 Å². The molecule has 1 unspecified atom stereocenters. The number of oxazole rings is 1. The van der Waals surface area contributed by atoms with Gasteiger partial charge in [-0.3, -0.25) is 0 Å². The highest BCUT2D eigenvalue weighted by molar-refractivity contribution is 5.73. The fraction of sp³-hybridized carbons (Fsp3) is 0.462. The largest absolute Gasteiger partial charge is 0.441 e. The molecule has 0 saturated carbocycles. The molecule has 1 atom stereocenters. The van der Waals surface area contributed by atoms with Crippen LogP contribution < -0.4 is 5.73 Å². The van der Waals surface area contributed by atoms with Crippen LogP contribution in [0.4, 0.5) is 13.2 Å². The fourth-order valence-electron chi connectivity index (χ4n) is 1.68. The van der Waals surface area contributed by atoms with Gasteiger partial charge in [-0.1, -0.05) is 13.8 Å². The van der Waals surface area contributed by atoms with E-state index in [0.29, 0.717) is 17.9 Å². The summed E-state index contributed by atoms with van der Waals surface area (Å²) in [6.07, 6.45) is -3.96. The number of hydrogen-bond acceptors (Lipinski definition) is 3. The highest BCUT2D eigenvalue weighted by Crippen LogP contribution is 2.31. The number of rotatable bonds is 3. The van der Waals surface area contributed by atoms with Crippen LogP contribution in [0, 0.1) is 5.92 Å². The van der Waals surface area contributed by atoms with Gasteiger partial charge in [-0.05, 0) is 24.1 Å². The molecular weight excluding hydrogens is 257 g/mol. The third-order valence-electron chi connectivity index (χ3n) is 3.03. The van der Waals surface area contributed by atoms with Crippen LogP contribution in [0.5, 0.6) is 0 Å². The predicted molar refractivity (Wildman–Crippen MR) is 65.5 cm³/mol. The number of benzene rings is 1. The van der Waals surface area contributed by atoms with E-state index in [9.17, 15) is 13.2 Å². The molecule has 0 saturated heterocycles. The molecule has 1 aromatic carbocycles. The quantitative estimate of drug-likeness (QED) is 0.932. The average molecular weight is 272 g/mol. The monoisotopic (exact) mass is 272 g/mol. The molecule has 0 aliphatic heterocycles. The first-order valence-electron chi connectivity index (χ1n) is 5.99. The number of nitrogens with two attached hydrogens (primary N) is 1. The Labute approximate surface area is 108 Å². The van der Waals surface area contributed by atoms with E-state index < -0.39 is 11.7 Å². The lowest BCUT2D eigenvalue weighted by Gasteiger charge is -2.12. The molecule has 0 aliphatic carbocycles. The van der Waals surface area contributed by atoms with Crippen LogP contribution in [0.25, 0.3) is 11.1 Å². The molecule has 0 spiro atoms. The Morgan fingerprint density at radius 1 is 1.32 bits per heavy atom. The zero-order valence-corrected chi connectivity index (χ0v) is 10.7. The van der Waals surface area contributed by atoms with Crippen molar-refractivity contribution in [2.24, 2.45) is 11.7 Å². The molecule has 104 valence electrons. The maximum atomic E-state index is 12.6. The number of fused-ring (bicyclic) bond motifs is 1.